The van der Waals surface area contributed by atoms with E-state index in [1.54, 1.807) is 0 Å². The third kappa shape index (κ3) is 3.61. The fourth-order valence-electron chi connectivity index (χ4n) is 3.97. The number of halogens is 1. The van der Waals surface area contributed by atoms with Crippen molar-refractivity contribution in [1.29, 1.82) is 0 Å². The van der Waals surface area contributed by atoms with E-state index in [-0.39, 0.29) is 0 Å². The fraction of sp³-hybridized carbons (Fsp3) is 0.667. The van der Waals surface area contributed by atoms with E-state index in [1.807, 2.05) is 0 Å². The van der Waals surface area contributed by atoms with E-state index in [4.69, 9.17) is 11.6 Å². The van der Waals surface area contributed by atoms with Gasteiger partial charge >= 0.3 is 0 Å². The number of piperidine rings is 1. The molecule has 0 aliphatic carbocycles. The van der Waals surface area contributed by atoms with Crippen LogP contribution in [0.1, 0.15) is 50.2 Å². The lowest BCUT2D eigenvalue weighted by Crippen LogP contribution is -2.48. The Morgan fingerprint density at radius 3 is 2.57 bits per heavy atom. The molecule has 2 fully saturated rings. The van der Waals surface area contributed by atoms with Crippen molar-refractivity contribution in [3.05, 3.63) is 34.3 Å². The topological polar surface area (TPSA) is 15.3 Å². The zero-order chi connectivity index (χ0) is 14.8. The molecular weight excluding hydrogens is 280 g/mol. The van der Waals surface area contributed by atoms with Crippen molar-refractivity contribution in [3.8, 4) is 0 Å². The Morgan fingerprint density at radius 2 is 1.95 bits per heavy atom. The Morgan fingerprint density at radius 1 is 1.24 bits per heavy atom. The van der Waals surface area contributed by atoms with Gasteiger partial charge < -0.3 is 5.32 Å². The number of hydrogen-bond acceptors (Lipinski definition) is 2. The lowest BCUT2D eigenvalue weighted by atomic mass is 9.97. The second kappa shape index (κ2) is 6.68. The quantitative estimate of drug-likeness (QED) is 0.879. The van der Waals surface area contributed by atoms with Gasteiger partial charge in [-0.15, -0.1) is 0 Å². The lowest BCUT2D eigenvalue weighted by Gasteiger charge is -2.38. The summed E-state index contributed by atoms with van der Waals surface area (Å²) in [6.07, 6.45) is 6.60. The maximum absolute atomic E-state index is 6.29. The molecule has 3 heteroatoms. The van der Waals surface area contributed by atoms with Gasteiger partial charge in [-0.2, -0.15) is 0 Å². The van der Waals surface area contributed by atoms with Gasteiger partial charge in [0, 0.05) is 29.7 Å². The van der Waals surface area contributed by atoms with Gasteiger partial charge in [0.25, 0.3) is 0 Å². The first-order valence-corrected chi connectivity index (χ1v) is 8.78. The van der Waals surface area contributed by atoms with E-state index in [0.717, 1.165) is 29.7 Å². The largest absolute Gasteiger partial charge is 0.311 e. The maximum Gasteiger partial charge on any atom is 0.0438 e. The molecule has 21 heavy (non-hydrogen) atoms. The van der Waals surface area contributed by atoms with Gasteiger partial charge in [-0.1, -0.05) is 30.7 Å². The summed E-state index contributed by atoms with van der Waals surface area (Å²) in [5.41, 5.74) is 2.52. The molecule has 2 atom stereocenters. The standard InChI is InChI=1S/C18H27ClN2/c1-3-8-21(12-14-5-4-13(2)18(19)9-14)17-10-15-6-7-16(11-17)20-15/h4-5,9,15-17,20H,3,6-8,10-12H2,1-2H3. The fourth-order valence-corrected chi connectivity index (χ4v) is 4.18. The van der Waals surface area contributed by atoms with Crippen LogP contribution >= 0.6 is 11.6 Å². The second-order valence-corrected chi connectivity index (χ2v) is 7.22. The minimum absolute atomic E-state index is 0.740. The van der Waals surface area contributed by atoms with E-state index >= 15 is 0 Å². The zero-order valence-corrected chi connectivity index (χ0v) is 14.0. The van der Waals surface area contributed by atoms with E-state index < -0.39 is 0 Å². The Hall–Kier alpha value is -0.570. The molecule has 3 rings (SSSR count). The summed E-state index contributed by atoms with van der Waals surface area (Å²) in [6.45, 7) is 6.58. The summed E-state index contributed by atoms with van der Waals surface area (Å²) in [6, 6.07) is 8.79. The van der Waals surface area contributed by atoms with Crippen molar-refractivity contribution in [2.45, 2.75) is 70.6 Å². The van der Waals surface area contributed by atoms with Crippen LogP contribution in [0.3, 0.4) is 0 Å². The first-order chi connectivity index (χ1) is 10.2. The monoisotopic (exact) mass is 306 g/mol. The SMILES string of the molecule is CCCN(Cc1ccc(C)c(Cl)c1)C1CC2CCC(C1)N2. The lowest BCUT2D eigenvalue weighted by molar-refractivity contribution is 0.134. The molecule has 0 aromatic heterocycles. The zero-order valence-electron chi connectivity index (χ0n) is 13.2. The van der Waals surface area contributed by atoms with Crippen LogP contribution in [0.15, 0.2) is 18.2 Å². The number of fused-ring (bicyclic) bond motifs is 2. The summed E-state index contributed by atoms with van der Waals surface area (Å²) < 4.78 is 0. The summed E-state index contributed by atoms with van der Waals surface area (Å²) in [5, 5.41) is 4.65. The van der Waals surface area contributed by atoms with Crippen LogP contribution < -0.4 is 5.32 Å². The number of hydrogen-bond donors (Lipinski definition) is 1. The van der Waals surface area contributed by atoms with Gasteiger partial charge in [-0.25, -0.2) is 0 Å². The van der Waals surface area contributed by atoms with Crippen LogP contribution in [0, 0.1) is 6.92 Å². The molecule has 2 heterocycles. The summed E-state index contributed by atoms with van der Waals surface area (Å²) in [4.78, 5) is 2.69. The molecule has 2 saturated heterocycles. The van der Waals surface area contributed by atoms with Crippen molar-refractivity contribution in [2.75, 3.05) is 6.54 Å². The number of benzene rings is 1. The Balaban J connectivity index is 1.70. The molecule has 1 N–H and O–H groups in total. The van der Waals surface area contributed by atoms with Gasteiger partial charge in [0.15, 0.2) is 0 Å². The summed E-state index contributed by atoms with van der Waals surface area (Å²) in [7, 11) is 0. The molecular formula is C18H27ClN2. The summed E-state index contributed by atoms with van der Waals surface area (Å²) >= 11 is 6.29. The molecule has 2 nitrogen and oxygen atoms in total. The van der Waals surface area contributed by atoms with Gasteiger partial charge in [0.05, 0.1) is 0 Å². The Labute approximate surface area is 133 Å². The molecule has 1 aromatic rings. The highest BCUT2D eigenvalue weighted by molar-refractivity contribution is 6.31. The van der Waals surface area contributed by atoms with Crippen LogP contribution in [0.25, 0.3) is 0 Å². The number of nitrogens with one attached hydrogen (secondary N) is 1. The normalized spacial score (nSPS) is 28.3. The smallest absolute Gasteiger partial charge is 0.0438 e. The van der Waals surface area contributed by atoms with Gasteiger partial charge in [-0.3, -0.25) is 4.90 Å². The molecule has 2 unspecified atom stereocenters. The molecule has 2 aliphatic rings. The predicted molar refractivity (Wildman–Crippen MR) is 89.9 cm³/mol. The molecule has 0 saturated carbocycles. The minimum atomic E-state index is 0.740. The van der Waals surface area contributed by atoms with Crippen LogP contribution in [-0.2, 0) is 6.54 Å². The third-order valence-electron chi connectivity index (χ3n) is 5.10. The van der Waals surface area contributed by atoms with Crippen LogP contribution in [-0.4, -0.2) is 29.6 Å². The molecule has 0 radical (unpaired) electrons. The van der Waals surface area contributed by atoms with Gasteiger partial charge in [-0.05, 0) is 62.8 Å². The van der Waals surface area contributed by atoms with Crippen molar-refractivity contribution >= 4 is 11.6 Å². The molecule has 2 aliphatic heterocycles. The van der Waals surface area contributed by atoms with E-state index in [0.29, 0.717) is 0 Å². The minimum Gasteiger partial charge on any atom is -0.311 e. The average molecular weight is 307 g/mol. The maximum atomic E-state index is 6.29. The van der Waals surface area contributed by atoms with Crippen molar-refractivity contribution in [1.82, 2.24) is 10.2 Å². The molecule has 116 valence electrons. The average Bonchev–Trinajstić information content (AvgIpc) is 2.81. The number of nitrogens with zero attached hydrogens (tertiary/aromatic N) is 1. The first-order valence-electron chi connectivity index (χ1n) is 8.41. The Bertz CT molecular complexity index is 476. The van der Waals surface area contributed by atoms with Crippen LogP contribution in [0.5, 0.6) is 0 Å². The van der Waals surface area contributed by atoms with Crippen molar-refractivity contribution in [2.24, 2.45) is 0 Å². The number of aryl methyl sites for hydroxylation is 1. The van der Waals surface area contributed by atoms with Gasteiger partial charge in [0.2, 0.25) is 0 Å². The molecule has 0 spiro atoms. The van der Waals surface area contributed by atoms with Crippen LogP contribution in [0.2, 0.25) is 5.02 Å². The summed E-state index contributed by atoms with van der Waals surface area (Å²) in [5.74, 6) is 0. The number of rotatable bonds is 5. The Kier molecular flexibility index (Phi) is 4.88. The van der Waals surface area contributed by atoms with Crippen LogP contribution in [0.4, 0.5) is 0 Å². The van der Waals surface area contributed by atoms with E-state index in [2.05, 4.69) is 42.3 Å². The van der Waals surface area contributed by atoms with Gasteiger partial charge in [0.1, 0.15) is 0 Å². The second-order valence-electron chi connectivity index (χ2n) is 6.82. The van der Waals surface area contributed by atoms with Crippen molar-refractivity contribution in [3.63, 3.8) is 0 Å². The predicted octanol–water partition coefficient (Wildman–Crippen LogP) is 4.14. The molecule has 2 bridgehead atoms. The van der Waals surface area contributed by atoms with Crippen molar-refractivity contribution < 1.29 is 0 Å². The highest BCUT2D eigenvalue weighted by atomic mass is 35.5. The van der Waals surface area contributed by atoms with E-state index in [1.165, 1.54) is 49.8 Å². The third-order valence-corrected chi connectivity index (χ3v) is 5.50. The molecule has 0 amide bonds. The highest BCUT2D eigenvalue weighted by Gasteiger charge is 2.35. The van der Waals surface area contributed by atoms with E-state index in [9.17, 15) is 0 Å². The molecule has 1 aromatic carbocycles. The first kappa shape index (κ1) is 15.3. The highest BCUT2D eigenvalue weighted by Crippen LogP contribution is 2.31.